The number of furan rings is 2. The van der Waals surface area contributed by atoms with E-state index >= 15 is 0 Å². The summed E-state index contributed by atoms with van der Waals surface area (Å²) in [5.74, 6) is 0. The van der Waals surface area contributed by atoms with Crippen LogP contribution in [-0.4, -0.2) is 4.57 Å². The van der Waals surface area contributed by atoms with Crippen LogP contribution in [0.4, 0.5) is 17.1 Å². The average Bonchev–Trinajstić information content (AvgIpc) is 4.01. The molecule has 0 aliphatic carbocycles. The van der Waals surface area contributed by atoms with Gasteiger partial charge in [0, 0.05) is 49.9 Å². The lowest BCUT2D eigenvalue weighted by Crippen LogP contribution is -2.11. The number of aromatic nitrogens is 1. The lowest BCUT2D eigenvalue weighted by molar-refractivity contribution is 0.669. The maximum Gasteiger partial charge on any atom is 0.137 e. The first-order valence-corrected chi connectivity index (χ1v) is 21.1. The predicted octanol–water partition coefficient (Wildman–Crippen LogP) is 16.5. The molecule has 4 heteroatoms. The molecule has 0 saturated heterocycles. The number of benzene rings is 10. The number of hydrogen-bond acceptors (Lipinski definition) is 3. The van der Waals surface area contributed by atoms with Crippen molar-refractivity contribution in [2.45, 2.75) is 0 Å². The molecule has 0 aliphatic rings. The molecule has 0 fully saturated rings. The molecule has 0 atom stereocenters. The number of rotatable bonds is 6. The van der Waals surface area contributed by atoms with Crippen molar-refractivity contribution in [3.63, 3.8) is 0 Å². The van der Waals surface area contributed by atoms with Gasteiger partial charge in [0.15, 0.2) is 0 Å². The zero-order valence-corrected chi connectivity index (χ0v) is 33.5. The molecule has 290 valence electrons. The van der Waals surface area contributed by atoms with Gasteiger partial charge in [-0.2, -0.15) is 0 Å². The highest BCUT2D eigenvalue weighted by Crippen LogP contribution is 2.50. The number of nitrogens with zero attached hydrogens (tertiary/aromatic N) is 2. The van der Waals surface area contributed by atoms with Gasteiger partial charge in [0.05, 0.1) is 27.8 Å². The van der Waals surface area contributed by atoms with Gasteiger partial charge in [0.25, 0.3) is 0 Å². The van der Waals surface area contributed by atoms with Crippen LogP contribution in [0.3, 0.4) is 0 Å². The van der Waals surface area contributed by atoms with Crippen LogP contribution in [0.2, 0.25) is 0 Å². The van der Waals surface area contributed by atoms with E-state index in [9.17, 15) is 0 Å². The molecule has 13 aromatic rings. The first-order valence-electron chi connectivity index (χ1n) is 21.1. The molecule has 13 rings (SSSR count). The van der Waals surface area contributed by atoms with Gasteiger partial charge in [-0.15, -0.1) is 0 Å². The quantitative estimate of drug-likeness (QED) is 0.168. The Labute approximate surface area is 356 Å². The third-order valence-corrected chi connectivity index (χ3v) is 12.5. The average molecular weight is 793 g/mol. The molecule has 0 N–H and O–H groups in total. The van der Waals surface area contributed by atoms with Crippen molar-refractivity contribution in [1.82, 2.24) is 4.57 Å². The predicted molar refractivity (Wildman–Crippen MR) is 258 cm³/mol. The summed E-state index contributed by atoms with van der Waals surface area (Å²) in [6.07, 6.45) is 0. The second-order valence-electron chi connectivity index (χ2n) is 16.1. The summed E-state index contributed by atoms with van der Waals surface area (Å²) in [5, 5.41) is 8.92. The van der Waals surface area contributed by atoms with Crippen LogP contribution in [0, 0.1) is 0 Å². The molecule has 62 heavy (non-hydrogen) atoms. The highest BCUT2D eigenvalue weighted by molar-refractivity contribution is 6.23. The van der Waals surface area contributed by atoms with Crippen molar-refractivity contribution in [2.75, 3.05) is 4.90 Å². The summed E-state index contributed by atoms with van der Waals surface area (Å²) in [4.78, 5) is 2.42. The summed E-state index contributed by atoms with van der Waals surface area (Å²) in [7, 11) is 0. The molecule has 0 bridgehead atoms. The highest BCUT2D eigenvalue weighted by atomic mass is 16.3. The largest absolute Gasteiger partial charge is 0.456 e. The maximum atomic E-state index is 6.73. The molecule has 0 spiro atoms. The van der Waals surface area contributed by atoms with Gasteiger partial charge in [-0.1, -0.05) is 133 Å². The van der Waals surface area contributed by atoms with E-state index in [4.69, 9.17) is 8.83 Å². The standard InChI is InChI=1S/C58H36N2O2/c1-4-16-37(17-5-1)41-33-46(38-18-6-2-7-19-38)58-48(34-41)56-49(25-14-26-50(56)60(58)42-22-8-3-9-23-42)59(43-30-31-45-44-24-12-13-28-52(44)61-55(45)36-43)51-27-15-29-53-57(51)47-32-39-20-10-11-21-40(39)35-54(47)62-53/h1-36H. The third-order valence-electron chi connectivity index (χ3n) is 12.5. The van der Waals surface area contributed by atoms with Crippen LogP contribution in [-0.2, 0) is 0 Å². The summed E-state index contributed by atoms with van der Waals surface area (Å²) < 4.78 is 15.8. The minimum absolute atomic E-state index is 0.833. The smallest absolute Gasteiger partial charge is 0.137 e. The normalized spacial score (nSPS) is 11.9. The van der Waals surface area contributed by atoms with Crippen LogP contribution in [0.25, 0.3) is 104 Å². The number of hydrogen-bond donors (Lipinski definition) is 0. The monoisotopic (exact) mass is 792 g/mol. The Bertz CT molecular complexity index is 3860. The molecular formula is C58H36N2O2. The Balaban J connectivity index is 1.19. The number of anilines is 3. The summed E-state index contributed by atoms with van der Waals surface area (Å²) in [5.41, 5.74) is 14.4. The summed E-state index contributed by atoms with van der Waals surface area (Å²) >= 11 is 0. The van der Waals surface area contributed by atoms with Gasteiger partial charge in [0.1, 0.15) is 22.3 Å². The SMILES string of the molecule is c1ccc(-c2cc(-c3ccccc3)c3c(c2)c2c(N(c4ccc5c(c4)oc4ccccc45)c4cccc5oc6cc7ccccc7cc6c45)cccc2n3-c2ccccc2)cc1. The van der Waals surface area contributed by atoms with E-state index in [-0.39, 0.29) is 0 Å². The molecule has 0 radical (unpaired) electrons. The molecular weight excluding hydrogens is 757 g/mol. The van der Waals surface area contributed by atoms with Crippen molar-refractivity contribution < 1.29 is 8.83 Å². The lowest BCUT2D eigenvalue weighted by Gasteiger charge is -2.27. The highest BCUT2D eigenvalue weighted by Gasteiger charge is 2.26. The Morgan fingerprint density at radius 1 is 0.355 bits per heavy atom. The summed E-state index contributed by atoms with van der Waals surface area (Å²) in [6.45, 7) is 0. The van der Waals surface area contributed by atoms with Crippen LogP contribution >= 0.6 is 0 Å². The van der Waals surface area contributed by atoms with Gasteiger partial charge in [-0.3, -0.25) is 0 Å². The van der Waals surface area contributed by atoms with Gasteiger partial charge in [-0.05, 0) is 106 Å². The molecule has 4 nitrogen and oxygen atoms in total. The van der Waals surface area contributed by atoms with Crippen LogP contribution in [0.1, 0.15) is 0 Å². The Morgan fingerprint density at radius 3 is 1.77 bits per heavy atom. The van der Waals surface area contributed by atoms with Crippen LogP contribution < -0.4 is 4.90 Å². The lowest BCUT2D eigenvalue weighted by atomic mass is 9.95. The van der Waals surface area contributed by atoms with Crippen molar-refractivity contribution in [1.29, 1.82) is 0 Å². The Hall–Kier alpha value is -8.34. The second kappa shape index (κ2) is 13.6. The molecule has 10 aromatic carbocycles. The van der Waals surface area contributed by atoms with Crippen molar-refractivity contribution in [2.24, 2.45) is 0 Å². The van der Waals surface area contributed by atoms with Gasteiger partial charge >= 0.3 is 0 Å². The van der Waals surface area contributed by atoms with E-state index in [0.29, 0.717) is 0 Å². The fourth-order valence-electron chi connectivity index (χ4n) is 9.78. The first-order chi connectivity index (χ1) is 30.7. The fraction of sp³-hybridized carbons (Fsp3) is 0. The number of fused-ring (bicyclic) bond motifs is 10. The van der Waals surface area contributed by atoms with Crippen molar-refractivity contribution in [3.8, 4) is 27.9 Å². The van der Waals surface area contributed by atoms with Crippen molar-refractivity contribution in [3.05, 3.63) is 218 Å². The first kappa shape index (κ1) is 34.5. The van der Waals surface area contributed by atoms with Gasteiger partial charge in [-0.25, -0.2) is 0 Å². The third kappa shape index (κ3) is 5.27. The zero-order valence-electron chi connectivity index (χ0n) is 33.5. The fourth-order valence-corrected chi connectivity index (χ4v) is 9.78. The van der Waals surface area contributed by atoms with Gasteiger partial charge < -0.3 is 18.3 Å². The molecule has 0 amide bonds. The molecule has 0 aliphatic heterocycles. The van der Waals surface area contributed by atoms with Crippen molar-refractivity contribution >= 4 is 93.5 Å². The summed E-state index contributed by atoms with van der Waals surface area (Å²) in [6, 6.07) is 78.1. The van der Waals surface area contributed by atoms with E-state index in [2.05, 4.69) is 216 Å². The molecule has 3 aromatic heterocycles. The minimum Gasteiger partial charge on any atom is -0.456 e. The number of para-hydroxylation sites is 2. The molecule has 0 unspecified atom stereocenters. The topological polar surface area (TPSA) is 34.5 Å². The Morgan fingerprint density at radius 2 is 0.968 bits per heavy atom. The van der Waals surface area contributed by atoms with Gasteiger partial charge in [0.2, 0.25) is 0 Å². The maximum absolute atomic E-state index is 6.73. The van der Waals surface area contributed by atoms with Crippen LogP contribution in [0.15, 0.2) is 227 Å². The molecule has 0 saturated carbocycles. The van der Waals surface area contributed by atoms with E-state index in [1.807, 2.05) is 12.1 Å². The van der Waals surface area contributed by atoms with E-state index in [0.717, 1.165) is 111 Å². The second-order valence-corrected chi connectivity index (χ2v) is 16.1. The molecule has 3 heterocycles. The van der Waals surface area contributed by atoms with E-state index in [1.165, 1.54) is 10.9 Å². The van der Waals surface area contributed by atoms with Crippen LogP contribution in [0.5, 0.6) is 0 Å². The van der Waals surface area contributed by atoms with E-state index in [1.54, 1.807) is 0 Å². The zero-order chi connectivity index (χ0) is 40.7. The van der Waals surface area contributed by atoms with E-state index < -0.39 is 0 Å². The minimum atomic E-state index is 0.833. The Kier molecular flexibility index (Phi) is 7.57.